The second kappa shape index (κ2) is 8.60. The number of rotatable bonds is 7. The maximum Gasteiger partial charge on any atom is 0.229 e. The molecular weight excluding hydrogens is 364 g/mol. The molecule has 0 bridgehead atoms. The van der Waals surface area contributed by atoms with Gasteiger partial charge in [0, 0.05) is 16.8 Å². The minimum Gasteiger partial charge on any atom is -0.495 e. The van der Waals surface area contributed by atoms with Gasteiger partial charge in [-0.15, -0.1) is 0 Å². The number of aromatic nitrogens is 2. The van der Waals surface area contributed by atoms with E-state index in [9.17, 15) is 0 Å². The predicted molar refractivity (Wildman–Crippen MR) is 109 cm³/mol. The van der Waals surface area contributed by atoms with Crippen LogP contribution in [0.5, 0.6) is 11.5 Å². The van der Waals surface area contributed by atoms with Crippen LogP contribution in [0.2, 0.25) is 5.02 Å². The maximum atomic E-state index is 6.10. The molecule has 0 saturated carbocycles. The van der Waals surface area contributed by atoms with Crippen molar-refractivity contribution >= 4 is 34.7 Å². The molecule has 0 unspecified atom stereocenters. The van der Waals surface area contributed by atoms with E-state index in [0.29, 0.717) is 29.1 Å². The molecule has 2 N–H and O–H groups in total. The van der Waals surface area contributed by atoms with Gasteiger partial charge in [0.15, 0.2) is 0 Å². The third-order valence-electron chi connectivity index (χ3n) is 3.71. The maximum absolute atomic E-state index is 6.10. The van der Waals surface area contributed by atoms with E-state index < -0.39 is 0 Å². The number of benzene rings is 2. The Kier molecular flexibility index (Phi) is 5.98. The molecule has 3 rings (SSSR count). The first-order valence-corrected chi connectivity index (χ1v) is 8.92. The highest BCUT2D eigenvalue weighted by Gasteiger charge is 2.09. The van der Waals surface area contributed by atoms with Gasteiger partial charge in [-0.05, 0) is 44.2 Å². The highest BCUT2D eigenvalue weighted by molar-refractivity contribution is 6.31. The zero-order valence-corrected chi connectivity index (χ0v) is 16.2. The molecule has 6 nitrogen and oxygen atoms in total. The van der Waals surface area contributed by atoms with Crippen LogP contribution in [0.3, 0.4) is 0 Å². The lowest BCUT2D eigenvalue weighted by atomic mass is 10.3. The molecule has 1 heterocycles. The molecule has 0 atom stereocenters. The van der Waals surface area contributed by atoms with Crippen LogP contribution in [-0.2, 0) is 0 Å². The van der Waals surface area contributed by atoms with Crippen LogP contribution in [0.25, 0.3) is 0 Å². The number of para-hydroxylation sites is 2. The molecular formula is C20H21ClN4O2. The summed E-state index contributed by atoms with van der Waals surface area (Å²) < 4.78 is 11.0. The lowest BCUT2D eigenvalue weighted by molar-refractivity contribution is 0.342. The van der Waals surface area contributed by atoms with Crippen molar-refractivity contribution in [1.82, 2.24) is 9.97 Å². The highest BCUT2D eigenvalue weighted by atomic mass is 35.5. The average Bonchev–Trinajstić information content (AvgIpc) is 2.63. The molecule has 27 heavy (non-hydrogen) atoms. The first-order valence-electron chi connectivity index (χ1n) is 8.54. The summed E-state index contributed by atoms with van der Waals surface area (Å²) in [5.41, 5.74) is 2.34. The predicted octanol–water partition coefficient (Wildman–Crippen LogP) is 5.33. The Morgan fingerprint density at radius 2 is 1.78 bits per heavy atom. The number of halogens is 1. The smallest absolute Gasteiger partial charge is 0.229 e. The Balaban J connectivity index is 1.88. The molecule has 0 fully saturated rings. The Labute approximate surface area is 163 Å². The summed E-state index contributed by atoms with van der Waals surface area (Å²) in [4.78, 5) is 9.00. The fourth-order valence-electron chi connectivity index (χ4n) is 2.58. The monoisotopic (exact) mass is 384 g/mol. The SMILES string of the molecule is CCOc1ccccc1Nc1nc(C)cc(Nc2cc(Cl)ccc2OC)n1. The van der Waals surface area contributed by atoms with Crippen LogP contribution in [0.4, 0.5) is 23.1 Å². The minimum absolute atomic E-state index is 0.464. The first-order chi connectivity index (χ1) is 13.1. The molecule has 140 valence electrons. The van der Waals surface area contributed by atoms with E-state index >= 15 is 0 Å². The summed E-state index contributed by atoms with van der Waals surface area (Å²) >= 11 is 6.10. The molecule has 0 amide bonds. The summed E-state index contributed by atoms with van der Waals surface area (Å²) in [5.74, 6) is 2.51. The fourth-order valence-corrected chi connectivity index (χ4v) is 2.75. The average molecular weight is 385 g/mol. The van der Waals surface area contributed by atoms with Gasteiger partial charge in [-0.3, -0.25) is 0 Å². The Bertz CT molecular complexity index is 934. The normalized spacial score (nSPS) is 10.4. The van der Waals surface area contributed by atoms with Crippen LogP contribution >= 0.6 is 11.6 Å². The van der Waals surface area contributed by atoms with Gasteiger partial charge < -0.3 is 20.1 Å². The summed E-state index contributed by atoms with van der Waals surface area (Å²) in [6.07, 6.45) is 0. The standard InChI is InChI=1S/C20H21ClN4O2/c1-4-27-18-8-6-5-7-15(18)24-20-22-13(2)11-19(25-20)23-16-12-14(21)9-10-17(16)26-3/h5-12H,4H2,1-3H3,(H2,22,23,24,25). The molecule has 7 heteroatoms. The molecule has 0 aliphatic heterocycles. The van der Waals surface area contributed by atoms with Crippen LogP contribution in [0.15, 0.2) is 48.5 Å². The number of nitrogens with zero attached hydrogens (tertiary/aromatic N) is 2. The highest BCUT2D eigenvalue weighted by Crippen LogP contribution is 2.31. The van der Waals surface area contributed by atoms with Crippen molar-refractivity contribution < 1.29 is 9.47 Å². The first kappa shape index (κ1) is 18.8. The van der Waals surface area contributed by atoms with Crippen molar-refractivity contribution in [3.8, 4) is 11.5 Å². The van der Waals surface area contributed by atoms with Gasteiger partial charge in [0.05, 0.1) is 25.1 Å². The Morgan fingerprint density at radius 1 is 0.963 bits per heavy atom. The second-order valence-corrected chi connectivity index (χ2v) is 6.18. The summed E-state index contributed by atoms with van der Waals surface area (Å²) in [5, 5.41) is 7.06. The number of aryl methyl sites for hydroxylation is 1. The summed E-state index contributed by atoms with van der Waals surface area (Å²) in [6.45, 7) is 4.43. The number of anilines is 4. The number of nitrogens with one attached hydrogen (secondary N) is 2. The topological polar surface area (TPSA) is 68.3 Å². The van der Waals surface area contributed by atoms with Crippen molar-refractivity contribution in [3.63, 3.8) is 0 Å². The van der Waals surface area contributed by atoms with Gasteiger partial charge in [-0.1, -0.05) is 23.7 Å². The second-order valence-electron chi connectivity index (χ2n) is 5.74. The van der Waals surface area contributed by atoms with Gasteiger partial charge >= 0.3 is 0 Å². The molecule has 0 aliphatic rings. The summed E-state index contributed by atoms with van der Waals surface area (Å²) in [6, 6.07) is 14.9. The van der Waals surface area contributed by atoms with Crippen LogP contribution in [-0.4, -0.2) is 23.7 Å². The van der Waals surface area contributed by atoms with Gasteiger partial charge in [0.1, 0.15) is 17.3 Å². The lowest BCUT2D eigenvalue weighted by Crippen LogP contribution is -2.04. The van der Waals surface area contributed by atoms with E-state index in [0.717, 1.165) is 22.8 Å². The van der Waals surface area contributed by atoms with Gasteiger partial charge in [0.25, 0.3) is 0 Å². The zero-order chi connectivity index (χ0) is 19.2. The van der Waals surface area contributed by atoms with E-state index in [1.165, 1.54) is 0 Å². The van der Waals surface area contributed by atoms with Crippen molar-refractivity contribution in [3.05, 3.63) is 59.2 Å². The van der Waals surface area contributed by atoms with Gasteiger partial charge in [-0.2, -0.15) is 4.98 Å². The van der Waals surface area contributed by atoms with Crippen molar-refractivity contribution in [2.45, 2.75) is 13.8 Å². The van der Waals surface area contributed by atoms with Gasteiger partial charge in [-0.25, -0.2) is 4.98 Å². The van der Waals surface area contributed by atoms with E-state index in [-0.39, 0.29) is 0 Å². The molecule has 0 saturated heterocycles. The van der Waals surface area contributed by atoms with Gasteiger partial charge in [0.2, 0.25) is 5.95 Å². The summed E-state index contributed by atoms with van der Waals surface area (Å²) in [7, 11) is 1.61. The van der Waals surface area contributed by atoms with E-state index in [4.69, 9.17) is 21.1 Å². The Morgan fingerprint density at radius 3 is 2.56 bits per heavy atom. The molecule has 1 aromatic heterocycles. The van der Waals surface area contributed by atoms with E-state index in [1.807, 2.05) is 44.2 Å². The molecule has 2 aromatic carbocycles. The minimum atomic E-state index is 0.464. The largest absolute Gasteiger partial charge is 0.495 e. The molecule has 3 aromatic rings. The fraction of sp³-hybridized carbons (Fsp3) is 0.200. The molecule has 0 radical (unpaired) electrons. The number of methoxy groups -OCH3 is 1. The molecule has 0 spiro atoms. The van der Waals surface area contributed by atoms with Crippen LogP contribution in [0, 0.1) is 6.92 Å². The third-order valence-corrected chi connectivity index (χ3v) is 3.95. The zero-order valence-electron chi connectivity index (χ0n) is 15.4. The quantitative estimate of drug-likeness (QED) is 0.573. The van der Waals surface area contributed by atoms with E-state index in [2.05, 4.69) is 20.6 Å². The Hall–Kier alpha value is -2.99. The van der Waals surface area contributed by atoms with Crippen LogP contribution < -0.4 is 20.1 Å². The number of ether oxygens (including phenoxy) is 2. The van der Waals surface area contributed by atoms with E-state index in [1.54, 1.807) is 25.3 Å². The lowest BCUT2D eigenvalue weighted by Gasteiger charge is -2.14. The van der Waals surface area contributed by atoms with Crippen molar-refractivity contribution in [2.24, 2.45) is 0 Å². The van der Waals surface area contributed by atoms with Crippen LogP contribution in [0.1, 0.15) is 12.6 Å². The number of hydrogen-bond donors (Lipinski definition) is 2. The number of hydrogen-bond acceptors (Lipinski definition) is 6. The van der Waals surface area contributed by atoms with Crippen molar-refractivity contribution in [2.75, 3.05) is 24.4 Å². The third kappa shape index (κ3) is 4.80. The molecule has 0 aliphatic carbocycles. The van der Waals surface area contributed by atoms with Crippen molar-refractivity contribution in [1.29, 1.82) is 0 Å².